The molecule has 1 aromatic heterocycles. The fraction of sp³-hybridized carbons (Fsp3) is 0.667. The summed E-state index contributed by atoms with van der Waals surface area (Å²) < 4.78 is 10.6. The quantitative estimate of drug-likeness (QED) is 0.863. The lowest BCUT2D eigenvalue weighted by atomic mass is 9.83. The molecule has 5 heteroatoms. The molecule has 1 aromatic rings. The van der Waals surface area contributed by atoms with Crippen LogP contribution in [0.5, 0.6) is 5.88 Å². The molecule has 0 amide bonds. The van der Waals surface area contributed by atoms with Gasteiger partial charge in [-0.05, 0) is 5.41 Å². The normalized spacial score (nSPS) is 15.4. The molecule has 2 N–H and O–H groups in total. The standard InChI is InChI=1S/C12H21N3O2/c1-12(2,3)10(16-4)8(13)9-11(17-5)15-7-6-14-9/h6-8,10H,13H2,1-5H3. The second-order valence-corrected chi connectivity index (χ2v) is 5.00. The molecule has 96 valence electrons. The highest BCUT2D eigenvalue weighted by Crippen LogP contribution is 2.32. The smallest absolute Gasteiger partial charge is 0.237 e. The van der Waals surface area contributed by atoms with Crippen LogP contribution in [-0.4, -0.2) is 30.3 Å². The van der Waals surface area contributed by atoms with Crippen LogP contribution in [0, 0.1) is 5.41 Å². The van der Waals surface area contributed by atoms with Crippen LogP contribution in [0.3, 0.4) is 0 Å². The highest BCUT2D eigenvalue weighted by atomic mass is 16.5. The Labute approximate surface area is 102 Å². The summed E-state index contributed by atoms with van der Waals surface area (Å²) in [6.07, 6.45) is 3.02. The van der Waals surface area contributed by atoms with Crippen molar-refractivity contribution in [3.8, 4) is 5.88 Å². The Morgan fingerprint density at radius 3 is 2.24 bits per heavy atom. The highest BCUT2D eigenvalue weighted by Gasteiger charge is 2.33. The molecule has 0 spiro atoms. The van der Waals surface area contributed by atoms with Crippen LogP contribution in [0.4, 0.5) is 0 Å². The van der Waals surface area contributed by atoms with E-state index in [1.807, 2.05) is 0 Å². The molecule has 0 saturated carbocycles. The molecular weight excluding hydrogens is 218 g/mol. The zero-order valence-electron chi connectivity index (χ0n) is 11.1. The number of methoxy groups -OCH3 is 2. The van der Waals surface area contributed by atoms with Gasteiger partial charge in [-0.25, -0.2) is 4.98 Å². The van der Waals surface area contributed by atoms with E-state index in [2.05, 4.69) is 30.7 Å². The van der Waals surface area contributed by atoms with Crippen LogP contribution >= 0.6 is 0 Å². The summed E-state index contributed by atoms with van der Waals surface area (Å²) >= 11 is 0. The first kappa shape index (κ1) is 13.9. The minimum atomic E-state index is -0.372. The maximum absolute atomic E-state index is 6.20. The third kappa shape index (κ3) is 3.14. The molecule has 0 aliphatic heterocycles. The molecule has 0 radical (unpaired) electrons. The van der Waals surface area contributed by atoms with Gasteiger partial charge in [-0.15, -0.1) is 0 Å². The maximum atomic E-state index is 6.20. The number of hydrogen-bond acceptors (Lipinski definition) is 5. The van der Waals surface area contributed by atoms with Gasteiger partial charge in [0.25, 0.3) is 0 Å². The number of aromatic nitrogens is 2. The van der Waals surface area contributed by atoms with Gasteiger partial charge >= 0.3 is 0 Å². The molecule has 1 heterocycles. The van der Waals surface area contributed by atoms with Gasteiger partial charge in [0.15, 0.2) is 0 Å². The van der Waals surface area contributed by atoms with Gasteiger partial charge < -0.3 is 15.2 Å². The third-order valence-electron chi connectivity index (χ3n) is 2.63. The summed E-state index contributed by atoms with van der Waals surface area (Å²) in [6.45, 7) is 6.22. The first-order chi connectivity index (χ1) is 7.91. The van der Waals surface area contributed by atoms with Gasteiger partial charge in [-0.3, -0.25) is 4.98 Å². The van der Waals surface area contributed by atoms with Crippen molar-refractivity contribution in [2.45, 2.75) is 32.9 Å². The Kier molecular flexibility index (Phi) is 4.42. The van der Waals surface area contributed by atoms with Crippen LogP contribution in [-0.2, 0) is 4.74 Å². The Hall–Kier alpha value is -1.20. The van der Waals surface area contributed by atoms with E-state index >= 15 is 0 Å². The molecular formula is C12H21N3O2. The van der Waals surface area contributed by atoms with E-state index in [4.69, 9.17) is 15.2 Å². The predicted molar refractivity (Wildman–Crippen MR) is 65.8 cm³/mol. The lowest BCUT2D eigenvalue weighted by molar-refractivity contribution is -0.00396. The first-order valence-electron chi connectivity index (χ1n) is 5.55. The van der Waals surface area contributed by atoms with E-state index in [1.54, 1.807) is 26.6 Å². The second-order valence-electron chi connectivity index (χ2n) is 5.00. The monoisotopic (exact) mass is 239 g/mol. The molecule has 0 aliphatic carbocycles. The van der Waals surface area contributed by atoms with Crippen LogP contribution in [0.2, 0.25) is 0 Å². The fourth-order valence-corrected chi connectivity index (χ4v) is 1.90. The van der Waals surface area contributed by atoms with Crippen LogP contribution < -0.4 is 10.5 Å². The molecule has 2 atom stereocenters. The van der Waals surface area contributed by atoms with Crippen LogP contribution in [0.15, 0.2) is 12.4 Å². The molecule has 2 unspecified atom stereocenters. The number of hydrogen-bond donors (Lipinski definition) is 1. The van der Waals surface area contributed by atoms with Gasteiger partial charge in [0.05, 0.1) is 19.3 Å². The van der Waals surface area contributed by atoms with Crippen molar-refractivity contribution in [2.75, 3.05) is 14.2 Å². The Balaban J connectivity index is 3.06. The van der Waals surface area contributed by atoms with Crippen molar-refractivity contribution in [3.05, 3.63) is 18.1 Å². The minimum absolute atomic E-state index is 0.0866. The number of rotatable bonds is 4. The Morgan fingerprint density at radius 1 is 1.18 bits per heavy atom. The van der Waals surface area contributed by atoms with E-state index in [-0.39, 0.29) is 17.6 Å². The molecule has 0 fully saturated rings. The molecule has 0 saturated heterocycles. The minimum Gasteiger partial charge on any atom is -0.480 e. The summed E-state index contributed by atoms with van der Waals surface area (Å²) in [7, 11) is 3.21. The fourth-order valence-electron chi connectivity index (χ4n) is 1.90. The van der Waals surface area contributed by atoms with Crippen LogP contribution in [0.25, 0.3) is 0 Å². The zero-order valence-corrected chi connectivity index (χ0v) is 11.1. The molecule has 0 aromatic carbocycles. The molecule has 0 bridgehead atoms. The molecule has 5 nitrogen and oxygen atoms in total. The van der Waals surface area contributed by atoms with E-state index in [1.165, 1.54) is 0 Å². The summed E-state index contributed by atoms with van der Waals surface area (Å²) in [6, 6.07) is -0.372. The molecule has 1 rings (SSSR count). The van der Waals surface area contributed by atoms with Gasteiger partial charge in [0.1, 0.15) is 5.69 Å². The van der Waals surface area contributed by atoms with E-state index in [0.717, 1.165) is 0 Å². The van der Waals surface area contributed by atoms with Crippen molar-refractivity contribution >= 4 is 0 Å². The van der Waals surface area contributed by atoms with Gasteiger partial charge in [-0.2, -0.15) is 0 Å². The highest BCUT2D eigenvalue weighted by molar-refractivity contribution is 5.22. The van der Waals surface area contributed by atoms with Crippen molar-refractivity contribution in [3.63, 3.8) is 0 Å². The molecule has 17 heavy (non-hydrogen) atoms. The number of ether oxygens (including phenoxy) is 2. The van der Waals surface area contributed by atoms with Crippen molar-refractivity contribution in [1.82, 2.24) is 9.97 Å². The predicted octanol–water partition coefficient (Wildman–Crippen LogP) is 1.55. The topological polar surface area (TPSA) is 70.3 Å². The van der Waals surface area contributed by atoms with E-state index in [9.17, 15) is 0 Å². The Bertz CT molecular complexity index is 363. The lowest BCUT2D eigenvalue weighted by Gasteiger charge is -2.33. The second kappa shape index (κ2) is 5.42. The van der Waals surface area contributed by atoms with Crippen molar-refractivity contribution in [1.29, 1.82) is 0 Å². The number of nitrogens with zero attached hydrogens (tertiary/aromatic N) is 2. The molecule has 0 aliphatic rings. The van der Waals surface area contributed by atoms with E-state index in [0.29, 0.717) is 11.6 Å². The Morgan fingerprint density at radius 2 is 1.76 bits per heavy atom. The summed E-state index contributed by atoms with van der Waals surface area (Å²) in [5, 5.41) is 0. The van der Waals surface area contributed by atoms with Crippen LogP contribution in [0.1, 0.15) is 32.5 Å². The zero-order chi connectivity index (χ0) is 13.1. The van der Waals surface area contributed by atoms with Gasteiger partial charge in [0.2, 0.25) is 5.88 Å². The average Bonchev–Trinajstić information content (AvgIpc) is 2.27. The van der Waals surface area contributed by atoms with Gasteiger partial charge in [0, 0.05) is 19.5 Å². The van der Waals surface area contributed by atoms with Crippen molar-refractivity contribution < 1.29 is 9.47 Å². The van der Waals surface area contributed by atoms with Crippen molar-refractivity contribution in [2.24, 2.45) is 11.1 Å². The average molecular weight is 239 g/mol. The first-order valence-corrected chi connectivity index (χ1v) is 5.55. The van der Waals surface area contributed by atoms with Gasteiger partial charge in [-0.1, -0.05) is 20.8 Å². The third-order valence-corrected chi connectivity index (χ3v) is 2.63. The summed E-state index contributed by atoms with van der Waals surface area (Å²) in [5.74, 6) is 0.450. The number of nitrogens with two attached hydrogens (primary N) is 1. The maximum Gasteiger partial charge on any atom is 0.237 e. The SMILES string of the molecule is COc1nccnc1C(N)C(OC)C(C)(C)C. The summed E-state index contributed by atoms with van der Waals surface area (Å²) in [5.41, 5.74) is 6.74. The summed E-state index contributed by atoms with van der Waals surface area (Å²) in [4.78, 5) is 8.34. The largest absolute Gasteiger partial charge is 0.480 e. The lowest BCUT2D eigenvalue weighted by Crippen LogP contribution is -2.39. The van der Waals surface area contributed by atoms with E-state index < -0.39 is 0 Å².